The Kier molecular flexibility index (Phi) is 6.40. The molecular weight excluding hydrogens is 454 g/mol. The minimum Gasteiger partial charge on any atom is -0.378 e. The van der Waals surface area contributed by atoms with Crippen molar-refractivity contribution < 1.29 is 26.4 Å². The highest BCUT2D eigenvalue weighted by Gasteiger charge is 2.64. The van der Waals surface area contributed by atoms with Gasteiger partial charge in [0.15, 0.2) is 0 Å². The lowest BCUT2D eigenvalue weighted by molar-refractivity contribution is -0.142. The van der Waals surface area contributed by atoms with Gasteiger partial charge in [-0.15, -0.1) is 0 Å². The molecule has 3 aliphatic rings. The summed E-state index contributed by atoms with van der Waals surface area (Å²) in [6.45, 7) is 6.85. The first-order chi connectivity index (χ1) is 15.2. The monoisotopic (exact) mass is 485 g/mol. The van der Waals surface area contributed by atoms with Crippen molar-refractivity contribution in [2.24, 2.45) is 11.3 Å². The number of ether oxygens (including phenoxy) is 1. The van der Waals surface area contributed by atoms with Crippen LogP contribution in [0.2, 0.25) is 0 Å². The third-order valence-corrected chi connectivity index (χ3v) is 10.9. The van der Waals surface area contributed by atoms with Gasteiger partial charge in [0.2, 0.25) is 26.0 Å². The summed E-state index contributed by atoms with van der Waals surface area (Å²) in [4.78, 5) is 15.1. The molecule has 2 heterocycles. The number of benzene rings is 1. The Bertz CT molecular complexity index is 1060. The van der Waals surface area contributed by atoms with Gasteiger partial charge in [0, 0.05) is 39.3 Å². The summed E-state index contributed by atoms with van der Waals surface area (Å²) in [6.07, 6.45) is 1.37. The van der Waals surface area contributed by atoms with Crippen LogP contribution in [0.25, 0.3) is 0 Å². The predicted molar refractivity (Wildman–Crippen MR) is 118 cm³/mol. The first kappa shape index (κ1) is 23.6. The third-order valence-electron chi connectivity index (χ3n) is 6.95. The van der Waals surface area contributed by atoms with Gasteiger partial charge in [0.1, 0.15) is 0 Å². The van der Waals surface area contributed by atoms with Crippen LogP contribution < -0.4 is 0 Å². The summed E-state index contributed by atoms with van der Waals surface area (Å²) in [5.74, 6) is 0.261. The molecule has 178 valence electrons. The van der Waals surface area contributed by atoms with Crippen LogP contribution in [0.5, 0.6) is 0 Å². The highest BCUT2D eigenvalue weighted by Crippen LogP contribution is 2.59. The number of carbonyl (C=O) groups is 1. The van der Waals surface area contributed by atoms with E-state index < -0.39 is 25.5 Å². The van der Waals surface area contributed by atoms with Crippen LogP contribution >= 0.6 is 0 Å². The van der Waals surface area contributed by atoms with E-state index in [4.69, 9.17) is 4.74 Å². The molecule has 0 spiro atoms. The summed E-state index contributed by atoms with van der Waals surface area (Å²) < 4.78 is 60.1. The van der Waals surface area contributed by atoms with Crippen molar-refractivity contribution in [2.75, 3.05) is 52.5 Å². The average molecular weight is 486 g/mol. The van der Waals surface area contributed by atoms with Crippen LogP contribution in [0.3, 0.4) is 0 Å². The number of piperidine rings is 1. The third kappa shape index (κ3) is 3.98. The molecule has 11 heteroatoms. The Labute approximate surface area is 190 Å². The van der Waals surface area contributed by atoms with Crippen LogP contribution in [0, 0.1) is 11.3 Å². The lowest BCUT2D eigenvalue weighted by atomic mass is 9.96. The zero-order valence-corrected chi connectivity index (χ0v) is 20.2. The van der Waals surface area contributed by atoms with E-state index in [1.807, 2.05) is 0 Å². The largest absolute Gasteiger partial charge is 0.378 e. The molecule has 2 unspecified atom stereocenters. The summed E-state index contributed by atoms with van der Waals surface area (Å²) >= 11 is 0. The summed E-state index contributed by atoms with van der Waals surface area (Å²) in [5, 5.41) is 0. The van der Waals surface area contributed by atoms with Crippen molar-refractivity contribution >= 4 is 26.0 Å². The minimum absolute atomic E-state index is 0.0337. The quantitative estimate of drug-likeness (QED) is 0.570. The lowest BCUT2D eigenvalue weighted by Crippen LogP contribution is -2.51. The van der Waals surface area contributed by atoms with Crippen molar-refractivity contribution in [3.63, 3.8) is 0 Å². The number of nitrogens with zero attached hydrogens (tertiary/aromatic N) is 3. The van der Waals surface area contributed by atoms with Gasteiger partial charge in [0.05, 0.1) is 28.4 Å². The number of morpholine rings is 1. The van der Waals surface area contributed by atoms with Crippen molar-refractivity contribution in [1.82, 2.24) is 13.5 Å². The molecule has 1 aromatic rings. The fourth-order valence-corrected chi connectivity index (χ4v) is 7.89. The summed E-state index contributed by atoms with van der Waals surface area (Å²) in [7, 11) is -7.49. The van der Waals surface area contributed by atoms with E-state index in [-0.39, 0.29) is 28.2 Å². The predicted octanol–water partition coefficient (Wildman–Crippen LogP) is 0.977. The lowest BCUT2D eigenvalue weighted by Gasteiger charge is -2.36. The maximum absolute atomic E-state index is 13.3. The molecule has 9 nitrogen and oxygen atoms in total. The molecule has 1 saturated carbocycles. The Morgan fingerprint density at radius 3 is 2.22 bits per heavy atom. The van der Waals surface area contributed by atoms with E-state index in [0.29, 0.717) is 52.4 Å². The Hall–Kier alpha value is -1.53. The van der Waals surface area contributed by atoms with Gasteiger partial charge >= 0.3 is 0 Å². The number of hydrogen-bond acceptors (Lipinski definition) is 6. The number of carbonyl (C=O) groups excluding carboxylic acids is 1. The second-order valence-corrected chi connectivity index (χ2v) is 12.5. The number of hydrogen-bond donors (Lipinski definition) is 0. The summed E-state index contributed by atoms with van der Waals surface area (Å²) in [6, 6.07) is 5.39. The fourth-order valence-electron chi connectivity index (χ4n) is 4.91. The van der Waals surface area contributed by atoms with Gasteiger partial charge in [-0.25, -0.2) is 16.8 Å². The molecule has 4 rings (SSSR count). The number of sulfonamides is 2. The smallest absolute Gasteiger partial charge is 0.243 e. The van der Waals surface area contributed by atoms with Gasteiger partial charge < -0.3 is 9.64 Å². The first-order valence-electron chi connectivity index (χ1n) is 11.1. The van der Waals surface area contributed by atoms with Crippen LogP contribution in [-0.2, 0) is 29.6 Å². The van der Waals surface area contributed by atoms with E-state index >= 15 is 0 Å². The number of rotatable bonds is 7. The molecule has 2 aliphatic heterocycles. The van der Waals surface area contributed by atoms with Gasteiger partial charge in [-0.3, -0.25) is 4.79 Å². The molecule has 0 bridgehead atoms. The topological polar surface area (TPSA) is 104 Å². The van der Waals surface area contributed by atoms with Crippen molar-refractivity contribution in [2.45, 2.75) is 36.5 Å². The second kappa shape index (κ2) is 8.68. The van der Waals surface area contributed by atoms with Crippen LogP contribution in [-0.4, -0.2) is 88.7 Å². The molecule has 0 N–H and O–H groups in total. The molecule has 1 aliphatic carbocycles. The SMILES string of the molecule is CCN(CC)S(=O)(=O)c1ccc(S(=O)(=O)N2CCC3CC3(C(=O)N3CCOCC3)C2)cc1. The van der Waals surface area contributed by atoms with Gasteiger partial charge in [0.25, 0.3) is 0 Å². The Balaban J connectivity index is 1.53. The van der Waals surface area contributed by atoms with Crippen molar-refractivity contribution in [3.8, 4) is 0 Å². The number of fused-ring (bicyclic) bond motifs is 1. The molecule has 2 atom stereocenters. The molecule has 32 heavy (non-hydrogen) atoms. The highest BCUT2D eigenvalue weighted by atomic mass is 32.2. The fraction of sp³-hybridized carbons (Fsp3) is 0.667. The first-order valence-corrected chi connectivity index (χ1v) is 14.0. The molecule has 1 aromatic carbocycles. The minimum atomic E-state index is -3.83. The van der Waals surface area contributed by atoms with E-state index in [9.17, 15) is 21.6 Å². The van der Waals surface area contributed by atoms with Crippen molar-refractivity contribution in [3.05, 3.63) is 24.3 Å². The van der Waals surface area contributed by atoms with Gasteiger partial charge in [-0.1, -0.05) is 13.8 Å². The van der Waals surface area contributed by atoms with Gasteiger partial charge in [-0.2, -0.15) is 8.61 Å². The van der Waals surface area contributed by atoms with Crippen molar-refractivity contribution in [1.29, 1.82) is 0 Å². The van der Waals surface area contributed by atoms with E-state index in [2.05, 4.69) is 0 Å². The average Bonchev–Trinajstić information content (AvgIpc) is 3.55. The maximum Gasteiger partial charge on any atom is 0.243 e. The molecule has 2 saturated heterocycles. The standard InChI is InChI=1S/C21H31N3O6S2/c1-3-23(4-2)31(26,27)18-5-7-19(8-6-18)32(28,29)24-10-9-17-15-21(17,16-24)20(25)22-11-13-30-14-12-22/h5-8,17H,3-4,9-16H2,1-2H3. The van der Waals surface area contributed by atoms with Crippen LogP contribution in [0.1, 0.15) is 26.7 Å². The zero-order valence-electron chi connectivity index (χ0n) is 18.6. The van der Waals surface area contributed by atoms with Crippen LogP contribution in [0.15, 0.2) is 34.1 Å². The Morgan fingerprint density at radius 1 is 1.03 bits per heavy atom. The van der Waals surface area contributed by atoms with E-state index in [1.165, 1.54) is 32.9 Å². The molecule has 1 amide bonds. The Morgan fingerprint density at radius 2 is 1.62 bits per heavy atom. The highest BCUT2D eigenvalue weighted by molar-refractivity contribution is 7.89. The number of amides is 1. The summed E-state index contributed by atoms with van der Waals surface area (Å²) in [5.41, 5.74) is -0.630. The zero-order chi connectivity index (χ0) is 23.1. The molecule has 0 radical (unpaired) electrons. The molecule has 3 fully saturated rings. The van der Waals surface area contributed by atoms with E-state index in [0.717, 1.165) is 6.42 Å². The van der Waals surface area contributed by atoms with Gasteiger partial charge in [-0.05, 0) is 43.0 Å². The maximum atomic E-state index is 13.3. The molecular formula is C21H31N3O6S2. The normalized spacial score (nSPS) is 26.7. The van der Waals surface area contributed by atoms with E-state index in [1.54, 1.807) is 18.7 Å². The van der Waals surface area contributed by atoms with Crippen LogP contribution in [0.4, 0.5) is 0 Å². The second-order valence-electron chi connectivity index (χ2n) is 8.65. The molecule has 0 aromatic heterocycles.